The second kappa shape index (κ2) is 5.17. The van der Waals surface area contributed by atoms with Gasteiger partial charge in [-0.15, -0.1) is 0 Å². The van der Waals surface area contributed by atoms with Gasteiger partial charge in [-0.2, -0.15) is 0 Å². The molecule has 0 bridgehead atoms. The van der Waals surface area contributed by atoms with Gasteiger partial charge in [-0.1, -0.05) is 37.3 Å². The van der Waals surface area contributed by atoms with Crippen LogP contribution in [0.25, 0.3) is 0 Å². The van der Waals surface area contributed by atoms with Crippen LogP contribution in [-0.4, -0.2) is 18.2 Å². The lowest BCUT2D eigenvalue weighted by molar-refractivity contribution is 0.0975. The average molecular weight is 280 g/mol. The lowest BCUT2D eigenvalue weighted by atomic mass is 9.83. The van der Waals surface area contributed by atoms with Crippen LogP contribution in [0.4, 0.5) is 0 Å². The largest absolute Gasteiger partial charge is 0.493 e. The molecular weight excluding hydrogens is 264 g/mol. The Morgan fingerprint density at radius 1 is 0.905 bits per heavy atom. The van der Waals surface area contributed by atoms with E-state index in [4.69, 9.17) is 4.74 Å². The van der Waals surface area contributed by atoms with Crippen molar-refractivity contribution in [3.8, 4) is 5.75 Å². The van der Waals surface area contributed by atoms with Crippen molar-refractivity contribution >= 4 is 11.6 Å². The molecule has 0 unspecified atom stereocenters. The van der Waals surface area contributed by atoms with Crippen molar-refractivity contribution in [3.63, 3.8) is 0 Å². The van der Waals surface area contributed by atoms with Crippen LogP contribution in [0.1, 0.15) is 50.8 Å². The number of ketones is 2. The van der Waals surface area contributed by atoms with Gasteiger partial charge in [-0.25, -0.2) is 0 Å². The molecule has 1 aliphatic rings. The number of carbonyl (C=O) groups is 2. The third-order valence-corrected chi connectivity index (χ3v) is 3.69. The predicted octanol–water partition coefficient (Wildman–Crippen LogP) is 3.56. The zero-order valence-corrected chi connectivity index (χ0v) is 12.1. The van der Waals surface area contributed by atoms with Gasteiger partial charge in [0.25, 0.3) is 0 Å². The quantitative estimate of drug-likeness (QED) is 0.736. The summed E-state index contributed by atoms with van der Waals surface area (Å²) in [5, 5.41) is 0. The molecular formula is C18H16O3. The van der Waals surface area contributed by atoms with E-state index < -0.39 is 0 Å². The summed E-state index contributed by atoms with van der Waals surface area (Å²) in [7, 11) is 0. The third kappa shape index (κ3) is 2.05. The Morgan fingerprint density at radius 2 is 1.57 bits per heavy atom. The SMILES string of the molecule is CCCOc1c(C)ccc2c1C(=O)c1ccccc1C2=O. The lowest BCUT2D eigenvalue weighted by Crippen LogP contribution is -2.22. The van der Waals surface area contributed by atoms with Crippen molar-refractivity contribution in [3.05, 3.63) is 64.2 Å². The summed E-state index contributed by atoms with van der Waals surface area (Å²) in [6.07, 6.45) is 0.849. The monoisotopic (exact) mass is 280 g/mol. The van der Waals surface area contributed by atoms with E-state index in [9.17, 15) is 9.59 Å². The zero-order chi connectivity index (χ0) is 15.0. The number of ether oxygens (including phenoxy) is 1. The Labute approximate surface area is 123 Å². The number of hydrogen-bond donors (Lipinski definition) is 0. The van der Waals surface area contributed by atoms with Crippen LogP contribution in [0.3, 0.4) is 0 Å². The Balaban J connectivity index is 2.23. The molecule has 106 valence electrons. The van der Waals surface area contributed by atoms with Gasteiger partial charge in [0.1, 0.15) is 5.75 Å². The normalized spacial score (nSPS) is 12.9. The van der Waals surface area contributed by atoms with E-state index in [-0.39, 0.29) is 11.6 Å². The van der Waals surface area contributed by atoms with Crippen molar-refractivity contribution in [2.75, 3.05) is 6.61 Å². The molecule has 2 aromatic carbocycles. The molecule has 0 aromatic heterocycles. The Hall–Kier alpha value is -2.42. The highest BCUT2D eigenvalue weighted by Gasteiger charge is 2.32. The van der Waals surface area contributed by atoms with Gasteiger partial charge in [0, 0.05) is 16.7 Å². The number of benzene rings is 2. The molecule has 0 radical (unpaired) electrons. The Bertz CT molecular complexity index is 744. The van der Waals surface area contributed by atoms with Crippen LogP contribution >= 0.6 is 0 Å². The first-order valence-corrected chi connectivity index (χ1v) is 7.10. The topological polar surface area (TPSA) is 43.4 Å². The summed E-state index contributed by atoms with van der Waals surface area (Å²) in [4.78, 5) is 25.3. The second-order valence-electron chi connectivity index (χ2n) is 5.19. The average Bonchev–Trinajstić information content (AvgIpc) is 2.51. The summed E-state index contributed by atoms with van der Waals surface area (Å²) in [5.41, 5.74) is 2.66. The van der Waals surface area contributed by atoms with E-state index in [1.165, 1.54) is 0 Å². The van der Waals surface area contributed by atoms with E-state index in [1.807, 2.05) is 19.9 Å². The van der Waals surface area contributed by atoms with Crippen molar-refractivity contribution in [1.29, 1.82) is 0 Å². The molecule has 3 nitrogen and oxygen atoms in total. The molecule has 3 heteroatoms. The molecule has 3 rings (SSSR count). The van der Waals surface area contributed by atoms with Gasteiger partial charge < -0.3 is 4.74 Å². The summed E-state index contributed by atoms with van der Waals surface area (Å²) < 4.78 is 5.75. The molecule has 0 N–H and O–H groups in total. The first-order valence-electron chi connectivity index (χ1n) is 7.10. The summed E-state index contributed by atoms with van der Waals surface area (Å²) in [6.45, 7) is 4.43. The van der Waals surface area contributed by atoms with E-state index >= 15 is 0 Å². The minimum atomic E-state index is -0.130. The van der Waals surface area contributed by atoms with E-state index in [2.05, 4.69) is 0 Å². The van der Waals surface area contributed by atoms with Crippen LogP contribution in [0.2, 0.25) is 0 Å². The van der Waals surface area contributed by atoms with E-state index in [0.29, 0.717) is 34.6 Å². The summed E-state index contributed by atoms with van der Waals surface area (Å²) in [6, 6.07) is 10.5. The Morgan fingerprint density at radius 3 is 2.24 bits per heavy atom. The molecule has 0 atom stereocenters. The van der Waals surface area contributed by atoms with Crippen LogP contribution in [-0.2, 0) is 0 Å². The van der Waals surface area contributed by atoms with E-state index in [1.54, 1.807) is 30.3 Å². The fourth-order valence-electron chi connectivity index (χ4n) is 2.65. The third-order valence-electron chi connectivity index (χ3n) is 3.69. The summed E-state index contributed by atoms with van der Waals surface area (Å²) >= 11 is 0. The molecule has 2 aromatic rings. The lowest BCUT2D eigenvalue weighted by Gasteiger charge is -2.21. The molecule has 0 heterocycles. The van der Waals surface area contributed by atoms with Gasteiger partial charge >= 0.3 is 0 Å². The number of hydrogen-bond acceptors (Lipinski definition) is 3. The zero-order valence-electron chi connectivity index (χ0n) is 12.1. The fraction of sp³-hybridized carbons (Fsp3) is 0.222. The maximum absolute atomic E-state index is 12.8. The molecule has 0 saturated heterocycles. The van der Waals surface area contributed by atoms with Crippen LogP contribution < -0.4 is 4.74 Å². The number of fused-ring (bicyclic) bond motifs is 2. The van der Waals surface area contributed by atoms with Crippen molar-refractivity contribution < 1.29 is 14.3 Å². The van der Waals surface area contributed by atoms with Gasteiger partial charge in [-0.3, -0.25) is 9.59 Å². The standard InChI is InChI=1S/C18H16O3/c1-3-10-21-18-11(2)8-9-14-15(18)17(20)13-7-5-4-6-12(13)16(14)19/h4-9H,3,10H2,1-2H3. The minimum Gasteiger partial charge on any atom is -0.493 e. The van der Waals surface area contributed by atoms with Gasteiger partial charge in [0.2, 0.25) is 0 Å². The highest BCUT2D eigenvalue weighted by molar-refractivity contribution is 6.29. The predicted molar refractivity (Wildman–Crippen MR) is 80.3 cm³/mol. The highest BCUT2D eigenvalue weighted by Crippen LogP contribution is 2.35. The summed E-state index contributed by atoms with van der Waals surface area (Å²) in [5.74, 6) is 0.304. The van der Waals surface area contributed by atoms with Crippen molar-refractivity contribution in [2.24, 2.45) is 0 Å². The molecule has 0 saturated carbocycles. The second-order valence-corrected chi connectivity index (χ2v) is 5.19. The maximum atomic E-state index is 12.8. The van der Waals surface area contributed by atoms with Gasteiger partial charge in [-0.05, 0) is 25.0 Å². The Kier molecular flexibility index (Phi) is 3.34. The highest BCUT2D eigenvalue weighted by atomic mass is 16.5. The van der Waals surface area contributed by atoms with E-state index in [0.717, 1.165) is 12.0 Å². The van der Waals surface area contributed by atoms with Gasteiger partial charge in [0.05, 0.1) is 12.2 Å². The molecule has 1 aliphatic carbocycles. The molecule has 0 fully saturated rings. The molecule has 0 amide bonds. The minimum absolute atomic E-state index is 0.110. The van der Waals surface area contributed by atoms with Crippen molar-refractivity contribution in [1.82, 2.24) is 0 Å². The fourth-order valence-corrected chi connectivity index (χ4v) is 2.65. The number of carbonyl (C=O) groups excluding carboxylic acids is 2. The molecule has 0 aliphatic heterocycles. The smallest absolute Gasteiger partial charge is 0.198 e. The van der Waals surface area contributed by atoms with Crippen LogP contribution in [0, 0.1) is 6.92 Å². The van der Waals surface area contributed by atoms with Gasteiger partial charge in [0.15, 0.2) is 11.6 Å². The van der Waals surface area contributed by atoms with Crippen LogP contribution in [0.5, 0.6) is 5.75 Å². The maximum Gasteiger partial charge on any atom is 0.198 e. The first kappa shape index (κ1) is 13.6. The van der Waals surface area contributed by atoms with Crippen molar-refractivity contribution in [2.45, 2.75) is 20.3 Å². The number of aryl methyl sites for hydroxylation is 1. The van der Waals surface area contributed by atoms with Crippen LogP contribution in [0.15, 0.2) is 36.4 Å². The molecule has 0 spiro atoms. The number of rotatable bonds is 3. The molecule has 21 heavy (non-hydrogen) atoms. The first-order chi connectivity index (χ1) is 10.1.